The first-order chi connectivity index (χ1) is 8.10. The molecular weight excluding hydrogens is 288 g/mol. The van der Waals surface area contributed by atoms with Gasteiger partial charge < -0.3 is 14.9 Å². The molecule has 0 bridgehead atoms. The van der Waals surface area contributed by atoms with Crippen LogP contribution >= 0.6 is 15.9 Å². The maximum atomic E-state index is 9.93. The van der Waals surface area contributed by atoms with E-state index in [4.69, 9.17) is 10.1 Å². The molecule has 5 nitrogen and oxygen atoms in total. The molecule has 0 aliphatic rings. The topological polar surface area (TPSA) is 77.8 Å². The molecule has 2 N–H and O–H groups in total. The van der Waals surface area contributed by atoms with Gasteiger partial charge >= 0.3 is 11.6 Å². The molecule has 6 heteroatoms. The summed E-state index contributed by atoms with van der Waals surface area (Å²) >= 11 is 3.26. The zero-order valence-corrected chi connectivity index (χ0v) is 10.8. The molecular formula is C11H12BrN2O3+. The average Bonchev–Trinajstić information content (AvgIpc) is 2.30. The molecule has 0 saturated carbocycles. The summed E-state index contributed by atoms with van der Waals surface area (Å²) in [6.07, 6.45) is -1.26. The predicted octanol–water partition coefficient (Wildman–Crippen LogP) is 3.10. The fraction of sp³-hybridized carbons (Fsp3) is 0.273. The zero-order chi connectivity index (χ0) is 12.8. The third-order valence-electron chi connectivity index (χ3n) is 2.03. The number of aliphatic hydroxyl groups is 2. The summed E-state index contributed by atoms with van der Waals surface area (Å²) in [5, 5.41) is 28.2. The van der Waals surface area contributed by atoms with Crippen LogP contribution in [0.15, 0.2) is 40.4 Å². The third kappa shape index (κ3) is 3.44. The van der Waals surface area contributed by atoms with Crippen LogP contribution in [-0.4, -0.2) is 16.8 Å². The van der Waals surface area contributed by atoms with Gasteiger partial charge in [-0.3, -0.25) is 0 Å². The Morgan fingerprint density at radius 2 is 2.29 bits per heavy atom. The van der Waals surface area contributed by atoms with E-state index < -0.39 is 12.0 Å². The first kappa shape index (κ1) is 13.5. The van der Waals surface area contributed by atoms with Crippen LogP contribution in [0.2, 0.25) is 0 Å². The van der Waals surface area contributed by atoms with Gasteiger partial charge in [0.25, 0.3) is 0 Å². The van der Waals surface area contributed by atoms with Crippen LogP contribution in [0.3, 0.4) is 0 Å². The van der Waals surface area contributed by atoms with Gasteiger partial charge in [-0.25, -0.2) is 0 Å². The molecule has 0 aliphatic carbocycles. The summed E-state index contributed by atoms with van der Waals surface area (Å²) in [6.45, 7) is 1.87. The number of aliphatic hydroxyl groups excluding tert-OH is 2. The van der Waals surface area contributed by atoms with E-state index in [1.807, 2.05) is 0 Å². The van der Waals surface area contributed by atoms with Gasteiger partial charge in [-0.05, 0) is 24.6 Å². The van der Waals surface area contributed by atoms with Crippen LogP contribution in [-0.2, 0) is 4.74 Å². The molecule has 90 valence electrons. The number of rotatable bonds is 4. The van der Waals surface area contributed by atoms with E-state index in [1.54, 1.807) is 31.2 Å². The number of ether oxygens (including phenoxy) is 1. The first-order valence-electron chi connectivity index (χ1n) is 4.94. The number of nitrogens with zero attached hydrogens (tertiary/aromatic N) is 2. The van der Waals surface area contributed by atoms with Crippen molar-refractivity contribution in [3.05, 3.63) is 50.9 Å². The molecule has 1 atom stereocenters. The highest BCUT2D eigenvalue weighted by Gasteiger charge is 2.32. The van der Waals surface area contributed by atoms with Crippen LogP contribution < -0.4 is 0 Å². The zero-order valence-electron chi connectivity index (χ0n) is 9.17. The van der Waals surface area contributed by atoms with Gasteiger partial charge in [0.1, 0.15) is 0 Å². The van der Waals surface area contributed by atoms with Crippen molar-refractivity contribution in [1.82, 2.24) is 0 Å². The molecule has 0 radical (unpaired) electrons. The quantitative estimate of drug-likeness (QED) is 0.661. The lowest BCUT2D eigenvalue weighted by molar-refractivity contribution is 0.0874. The molecule has 0 aromatic heterocycles. The Balaban J connectivity index is 3.07. The smallest absolute Gasteiger partial charge is 0.472 e. The van der Waals surface area contributed by atoms with Gasteiger partial charge in [0.15, 0.2) is 11.1 Å². The van der Waals surface area contributed by atoms with Gasteiger partial charge in [-0.1, -0.05) is 28.1 Å². The summed E-state index contributed by atoms with van der Waals surface area (Å²) in [6, 6.07) is 6.79. The number of hydrogen-bond donors (Lipinski definition) is 2. The van der Waals surface area contributed by atoms with Crippen molar-refractivity contribution in [3.63, 3.8) is 0 Å². The molecule has 0 amide bonds. The molecule has 0 aliphatic heterocycles. The van der Waals surface area contributed by atoms with E-state index in [2.05, 4.69) is 20.9 Å². The second kappa shape index (κ2) is 6.23. The van der Waals surface area contributed by atoms with Gasteiger partial charge in [0.05, 0.1) is 6.61 Å². The number of benzene rings is 1. The van der Waals surface area contributed by atoms with Gasteiger partial charge in [0, 0.05) is 4.47 Å². The van der Waals surface area contributed by atoms with Crippen molar-refractivity contribution in [2.45, 2.75) is 13.0 Å². The summed E-state index contributed by atoms with van der Waals surface area (Å²) in [7, 11) is 0. The molecule has 1 aromatic carbocycles. The molecule has 0 spiro atoms. The lowest BCUT2D eigenvalue weighted by atomic mass is 10.1. The second-order valence-corrected chi connectivity index (χ2v) is 4.10. The van der Waals surface area contributed by atoms with E-state index in [9.17, 15) is 10.2 Å². The summed E-state index contributed by atoms with van der Waals surface area (Å²) < 4.78 is 5.54. The Hall–Kier alpha value is -1.58. The molecule has 0 heterocycles. The lowest BCUT2D eigenvalue weighted by Gasteiger charge is -2.05. The maximum absolute atomic E-state index is 9.93. The minimum Gasteiger partial charge on any atom is -0.475 e. The summed E-state index contributed by atoms with van der Waals surface area (Å²) in [4.78, 5) is 2.85. The molecule has 0 fully saturated rings. The van der Waals surface area contributed by atoms with E-state index in [0.29, 0.717) is 5.56 Å². The SMILES string of the molecule is CCO/C(O)=C(\[N+]#N)C(O)c1cccc(Br)c1. The molecule has 1 rings (SSSR count). The van der Waals surface area contributed by atoms with Crippen molar-refractivity contribution >= 4 is 15.9 Å². The van der Waals surface area contributed by atoms with E-state index >= 15 is 0 Å². The fourth-order valence-corrected chi connectivity index (χ4v) is 1.68. The van der Waals surface area contributed by atoms with Crippen LogP contribution in [0.1, 0.15) is 18.6 Å². The van der Waals surface area contributed by atoms with E-state index in [0.717, 1.165) is 4.47 Å². The predicted molar refractivity (Wildman–Crippen MR) is 65.5 cm³/mol. The van der Waals surface area contributed by atoms with Crippen LogP contribution in [0.4, 0.5) is 0 Å². The monoisotopic (exact) mass is 299 g/mol. The van der Waals surface area contributed by atoms with Crippen LogP contribution in [0, 0.1) is 5.39 Å². The highest BCUT2D eigenvalue weighted by atomic mass is 79.9. The van der Waals surface area contributed by atoms with Crippen LogP contribution in [0.5, 0.6) is 0 Å². The number of diazo groups is 1. The van der Waals surface area contributed by atoms with Gasteiger partial charge in [0.2, 0.25) is 5.39 Å². The Bertz CT molecular complexity index is 468. The van der Waals surface area contributed by atoms with Crippen molar-refractivity contribution in [1.29, 1.82) is 5.39 Å². The van der Waals surface area contributed by atoms with Crippen molar-refractivity contribution in [2.75, 3.05) is 6.61 Å². The van der Waals surface area contributed by atoms with E-state index in [-0.39, 0.29) is 12.3 Å². The Morgan fingerprint density at radius 3 is 2.82 bits per heavy atom. The normalized spacial score (nSPS) is 13.5. The average molecular weight is 300 g/mol. The fourth-order valence-electron chi connectivity index (χ4n) is 1.26. The highest BCUT2D eigenvalue weighted by molar-refractivity contribution is 9.10. The summed E-state index contributed by atoms with van der Waals surface area (Å²) in [5.41, 5.74) is 0.142. The van der Waals surface area contributed by atoms with Crippen molar-refractivity contribution in [3.8, 4) is 0 Å². The molecule has 0 saturated heterocycles. The Morgan fingerprint density at radius 1 is 1.59 bits per heavy atom. The Labute approximate surface area is 107 Å². The third-order valence-corrected chi connectivity index (χ3v) is 2.52. The number of halogens is 1. The van der Waals surface area contributed by atoms with Gasteiger partial charge in [-0.15, -0.1) is 0 Å². The standard InChI is InChI=1S/C11H11BrN2O3/c1-2-17-11(16)9(14-13)10(15)7-4-3-5-8(12)6-7/h3-6,10,15H,2H2,1H3/p+1/b11-9-. The first-order valence-corrected chi connectivity index (χ1v) is 5.74. The second-order valence-electron chi connectivity index (χ2n) is 3.18. The maximum Gasteiger partial charge on any atom is 0.472 e. The lowest BCUT2D eigenvalue weighted by Crippen LogP contribution is -2.04. The Kier molecular flexibility index (Phi) is 4.94. The largest absolute Gasteiger partial charge is 0.475 e. The van der Waals surface area contributed by atoms with Crippen molar-refractivity contribution in [2.24, 2.45) is 0 Å². The molecule has 1 unspecified atom stereocenters. The van der Waals surface area contributed by atoms with E-state index in [1.165, 1.54) is 0 Å². The minimum absolute atomic E-state index is 0.204. The molecule has 17 heavy (non-hydrogen) atoms. The number of hydrogen-bond acceptors (Lipinski definition) is 4. The highest BCUT2D eigenvalue weighted by Crippen LogP contribution is 2.26. The summed E-state index contributed by atoms with van der Waals surface area (Å²) in [5.74, 6) is -0.595. The van der Waals surface area contributed by atoms with Crippen LogP contribution in [0.25, 0.3) is 4.98 Å². The van der Waals surface area contributed by atoms with Gasteiger partial charge in [-0.2, -0.15) is 0 Å². The minimum atomic E-state index is -1.26. The molecule has 1 aromatic rings. The van der Waals surface area contributed by atoms with Crippen molar-refractivity contribution < 1.29 is 14.9 Å².